The lowest BCUT2D eigenvalue weighted by Gasteiger charge is -2.35. The monoisotopic (exact) mass is 358 g/mol. The summed E-state index contributed by atoms with van der Waals surface area (Å²) in [6.07, 6.45) is 2.72. The number of carbonyl (C=O) groups is 1. The van der Waals surface area contributed by atoms with Crippen LogP contribution in [0.25, 0.3) is 0 Å². The second kappa shape index (κ2) is 8.37. The van der Waals surface area contributed by atoms with Crippen LogP contribution in [0.5, 0.6) is 0 Å². The maximum absolute atomic E-state index is 12.3. The van der Waals surface area contributed by atoms with Crippen LogP contribution in [0.2, 0.25) is 0 Å². The van der Waals surface area contributed by atoms with Gasteiger partial charge in [-0.05, 0) is 18.4 Å². The fourth-order valence-electron chi connectivity index (χ4n) is 4.23. The van der Waals surface area contributed by atoms with E-state index in [-0.39, 0.29) is 18.2 Å². The Bertz CT molecular complexity index is 577. The van der Waals surface area contributed by atoms with Crippen molar-refractivity contribution in [1.82, 2.24) is 20.0 Å². The van der Waals surface area contributed by atoms with Gasteiger partial charge in [0.15, 0.2) is 0 Å². The smallest absolute Gasteiger partial charge is 0.317 e. The van der Waals surface area contributed by atoms with E-state index in [1.54, 1.807) is 0 Å². The van der Waals surface area contributed by atoms with E-state index in [1.807, 2.05) is 4.90 Å². The average molecular weight is 358 g/mol. The fourth-order valence-corrected chi connectivity index (χ4v) is 4.23. The summed E-state index contributed by atoms with van der Waals surface area (Å²) >= 11 is 0. The number of hydrogen-bond donors (Lipinski definition) is 1. The third-order valence-electron chi connectivity index (χ3n) is 5.75. The third kappa shape index (κ3) is 4.55. The Morgan fingerprint density at radius 1 is 1.00 bits per heavy atom. The number of fused-ring (bicyclic) bond motifs is 2. The molecule has 2 bridgehead atoms. The van der Waals surface area contributed by atoms with Gasteiger partial charge in [-0.25, -0.2) is 4.79 Å². The van der Waals surface area contributed by atoms with Crippen LogP contribution < -0.4 is 5.32 Å². The van der Waals surface area contributed by atoms with Gasteiger partial charge in [0, 0.05) is 58.9 Å². The number of piperazine rings is 1. The van der Waals surface area contributed by atoms with Gasteiger partial charge in [0.2, 0.25) is 0 Å². The molecule has 0 radical (unpaired) electrons. The summed E-state index contributed by atoms with van der Waals surface area (Å²) in [4.78, 5) is 19.2. The highest BCUT2D eigenvalue weighted by Crippen LogP contribution is 2.26. The number of nitrogens with zero attached hydrogens (tertiary/aromatic N) is 3. The molecule has 26 heavy (non-hydrogen) atoms. The van der Waals surface area contributed by atoms with Crippen LogP contribution in [0.3, 0.4) is 0 Å². The number of carbonyl (C=O) groups excluding carboxylic acids is 1. The van der Waals surface area contributed by atoms with Crippen molar-refractivity contribution in [3.8, 4) is 0 Å². The molecule has 1 aromatic carbocycles. The zero-order valence-electron chi connectivity index (χ0n) is 15.5. The van der Waals surface area contributed by atoms with Crippen molar-refractivity contribution >= 4 is 6.03 Å². The summed E-state index contributed by atoms with van der Waals surface area (Å²) in [5.74, 6) is 0. The number of rotatable bonds is 5. The molecule has 2 unspecified atom stereocenters. The van der Waals surface area contributed by atoms with Crippen molar-refractivity contribution in [1.29, 1.82) is 0 Å². The van der Waals surface area contributed by atoms with Crippen molar-refractivity contribution in [2.75, 3.05) is 52.4 Å². The Kier molecular flexibility index (Phi) is 5.72. The van der Waals surface area contributed by atoms with Crippen LogP contribution in [0.1, 0.15) is 18.4 Å². The van der Waals surface area contributed by atoms with Crippen LogP contribution in [-0.4, -0.2) is 85.3 Å². The third-order valence-corrected chi connectivity index (χ3v) is 5.75. The first-order valence-electron chi connectivity index (χ1n) is 9.93. The molecule has 6 heteroatoms. The van der Waals surface area contributed by atoms with Gasteiger partial charge >= 0.3 is 6.03 Å². The molecule has 2 amide bonds. The summed E-state index contributed by atoms with van der Waals surface area (Å²) in [5.41, 5.74) is 1.38. The predicted octanol–water partition coefficient (Wildman–Crippen LogP) is 1.38. The predicted molar refractivity (Wildman–Crippen MR) is 101 cm³/mol. The fraction of sp³-hybridized carbons (Fsp3) is 0.650. The molecule has 3 saturated heterocycles. The molecule has 0 aliphatic carbocycles. The molecule has 0 spiro atoms. The summed E-state index contributed by atoms with van der Waals surface area (Å²) in [6, 6.07) is 10.7. The number of morpholine rings is 1. The molecule has 1 aromatic rings. The first kappa shape index (κ1) is 17.8. The Hall–Kier alpha value is -1.63. The van der Waals surface area contributed by atoms with E-state index >= 15 is 0 Å². The molecule has 3 fully saturated rings. The van der Waals surface area contributed by atoms with Crippen LogP contribution in [0.15, 0.2) is 30.3 Å². The van der Waals surface area contributed by atoms with Gasteiger partial charge in [-0.1, -0.05) is 30.3 Å². The van der Waals surface area contributed by atoms with Gasteiger partial charge in [0.25, 0.3) is 0 Å². The number of amides is 2. The van der Waals surface area contributed by atoms with Crippen LogP contribution >= 0.6 is 0 Å². The normalized spacial score (nSPS) is 26.8. The number of hydrogen-bond acceptors (Lipinski definition) is 4. The minimum Gasteiger partial charge on any atom is -0.371 e. The van der Waals surface area contributed by atoms with Gasteiger partial charge in [0.05, 0.1) is 12.2 Å². The van der Waals surface area contributed by atoms with Crippen LogP contribution in [0, 0.1) is 0 Å². The second-order valence-corrected chi connectivity index (χ2v) is 7.70. The van der Waals surface area contributed by atoms with E-state index in [1.165, 1.54) is 5.56 Å². The van der Waals surface area contributed by atoms with Crippen molar-refractivity contribution in [2.24, 2.45) is 0 Å². The van der Waals surface area contributed by atoms with Gasteiger partial charge in [-0.2, -0.15) is 0 Å². The van der Waals surface area contributed by atoms with Gasteiger partial charge in [-0.15, -0.1) is 0 Å². The lowest BCUT2D eigenvalue weighted by Crippen LogP contribution is -2.52. The van der Waals surface area contributed by atoms with E-state index in [0.29, 0.717) is 0 Å². The number of benzene rings is 1. The molecule has 2 atom stereocenters. The number of likely N-dealkylation sites (tertiary alicyclic amines) is 1. The number of nitrogens with one attached hydrogen (secondary N) is 1. The van der Waals surface area contributed by atoms with Gasteiger partial charge in [-0.3, -0.25) is 9.80 Å². The highest BCUT2D eigenvalue weighted by molar-refractivity contribution is 5.74. The molecule has 0 saturated carbocycles. The molecule has 0 aromatic heterocycles. The Balaban J connectivity index is 1.12. The first-order valence-corrected chi connectivity index (χ1v) is 9.93. The van der Waals surface area contributed by atoms with E-state index in [0.717, 1.165) is 71.7 Å². The summed E-state index contributed by atoms with van der Waals surface area (Å²) in [7, 11) is 0. The van der Waals surface area contributed by atoms with Crippen molar-refractivity contribution in [3.05, 3.63) is 35.9 Å². The molecule has 6 nitrogen and oxygen atoms in total. The van der Waals surface area contributed by atoms with Crippen LogP contribution in [-0.2, 0) is 11.3 Å². The zero-order valence-corrected chi connectivity index (χ0v) is 15.5. The van der Waals surface area contributed by atoms with E-state index in [9.17, 15) is 4.79 Å². The highest BCUT2D eigenvalue weighted by Gasteiger charge is 2.35. The largest absolute Gasteiger partial charge is 0.371 e. The molecule has 1 N–H and O–H groups in total. The van der Waals surface area contributed by atoms with E-state index in [2.05, 4.69) is 45.4 Å². The molecule has 3 heterocycles. The summed E-state index contributed by atoms with van der Waals surface area (Å²) in [6.45, 7) is 8.53. The Labute approximate surface area is 156 Å². The summed E-state index contributed by atoms with van der Waals surface area (Å²) < 4.78 is 5.80. The van der Waals surface area contributed by atoms with E-state index in [4.69, 9.17) is 4.74 Å². The molecular formula is C20H30N4O2. The average Bonchev–Trinajstić information content (AvgIpc) is 3.01. The highest BCUT2D eigenvalue weighted by atomic mass is 16.5. The maximum atomic E-state index is 12.3. The van der Waals surface area contributed by atoms with Crippen molar-refractivity contribution in [3.63, 3.8) is 0 Å². The lowest BCUT2D eigenvalue weighted by atomic mass is 10.2. The first-order chi connectivity index (χ1) is 12.8. The molecule has 3 aliphatic rings. The second-order valence-electron chi connectivity index (χ2n) is 7.70. The molecular weight excluding hydrogens is 328 g/mol. The topological polar surface area (TPSA) is 48.1 Å². The Morgan fingerprint density at radius 2 is 1.65 bits per heavy atom. The minimum absolute atomic E-state index is 0.0768. The molecule has 4 rings (SSSR count). The number of urea groups is 1. The summed E-state index contributed by atoms with van der Waals surface area (Å²) in [5, 5.41) is 3.10. The number of ether oxygens (including phenoxy) is 1. The standard InChI is InChI=1S/C20H30N4O2/c25-20(24-15-18-6-7-19(16-24)26-18)21-8-9-22-10-12-23(13-11-22)14-17-4-2-1-3-5-17/h1-5,18-19H,6-16H2,(H,21,25). The van der Waals surface area contributed by atoms with Crippen molar-refractivity contribution < 1.29 is 9.53 Å². The lowest BCUT2D eigenvalue weighted by molar-refractivity contribution is -0.0238. The molecule has 3 aliphatic heterocycles. The maximum Gasteiger partial charge on any atom is 0.317 e. The molecule has 142 valence electrons. The minimum atomic E-state index is 0.0768. The van der Waals surface area contributed by atoms with Gasteiger partial charge < -0.3 is 15.0 Å². The zero-order chi connectivity index (χ0) is 17.8. The quantitative estimate of drug-likeness (QED) is 0.864. The van der Waals surface area contributed by atoms with Crippen molar-refractivity contribution in [2.45, 2.75) is 31.6 Å². The Morgan fingerprint density at radius 3 is 2.35 bits per heavy atom. The van der Waals surface area contributed by atoms with Crippen LogP contribution in [0.4, 0.5) is 4.79 Å². The SMILES string of the molecule is O=C(NCCN1CCN(Cc2ccccc2)CC1)N1CC2CCC(C1)O2. The van der Waals surface area contributed by atoms with Gasteiger partial charge in [0.1, 0.15) is 0 Å². The van der Waals surface area contributed by atoms with E-state index < -0.39 is 0 Å².